The molecule has 1 unspecified atom stereocenters. The number of hydrogen-bond donors (Lipinski definition) is 2. The Morgan fingerprint density at radius 2 is 2.26 bits per heavy atom. The minimum Gasteiger partial charge on any atom is -0.480 e. The van der Waals surface area contributed by atoms with E-state index in [2.05, 4.69) is 15.4 Å². The largest absolute Gasteiger partial charge is 0.480 e. The van der Waals surface area contributed by atoms with Crippen LogP contribution in [0.4, 0.5) is 5.82 Å². The summed E-state index contributed by atoms with van der Waals surface area (Å²) in [4.78, 5) is 15.6. The van der Waals surface area contributed by atoms with Gasteiger partial charge in [0, 0.05) is 0 Å². The van der Waals surface area contributed by atoms with Crippen LogP contribution in [0.15, 0.2) is 18.5 Å². The first kappa shape index (κ1) is 13.3. The molecule has 0 spiro atoms. The van der Waals surface area contributed by atoms with Gasteiger partial charge in [-0.15, -0.1) is 0 Å². The molecule has 0 saturated heterocycles. The molecular weight excluding hydrogens is 244 g/mol. The molecule has 0 fully saturated rings. The third-order valence-corrected chi connectivity index (χ3v) is 3.15. The molecule has 0 aliphatic carbocycles. The van der Waals surface area contributed by atoms with E-state index in [0.29, 0.717) is 17.9 Å². The lowest BCUT2D eigenvalue weighted by Crippen LogP contribution is -2.43. The number of aliphatic carboxylic acids is 1. The summed E-state index contributed by atoms with van der Waals surface area (Å²) < 4.78 is 1.61. The molecule has 0 bridgehead atoms. The summed E-state index contributed by atoms with van der Waals surface area (Å²) in [6.45, 7) is 5.59. The molecule has 0 aromatic carbocycles. The number of carboxylic acid groups (broad SMARTS) is 1. The van der Waals surface area contributed by atoms with Crippen molar-refractivity contribution in [2.24, 2.45) is 0 Å². The Labute approximate surface area is 111 Å². The zero-order chi connectivity index (χ0) is 14.0. The number of aromatic nitrogens is 3. The zero-order valence-electron chi connectivity index (χ0n) is 11.3. The van der Waals surface area contributed by atoms with Crippen molar-refractivity contribution in [3.05, 3.63) is 24.0 Å². The number of nitrogens with zero attached hydrogens (tertiary/aromatic N) is 3. The number of aryl methyl sites for hydroxylation is 1. The standard InChI is InChI=1S/C13H18N4O2/c1-4-5-13(3,12(18)19)16-11-7-9(2)6-10-14-8-15-17(10)11/h6-8,16H,4-5H2,1-3H3,(H,18,19). The lowest BCUT2D eigenvalue weighted by molar-refractivity contribution is -0.142. The van der Waals surface area contributed by atoms with Crippen LogP contribution >= 0.6 is 0 Å². The monoisotopic (exact) mass is 262 g/mol. The number of carboxylic acids is 1. The second-order valence-corrected chi connectivity index (χ2v) is 4.96. The number of anilines is 1. The average molecular weight is 262 g/mol. The highest BCUT2D eigenvalue weighted by atomic mass is 16.4. The van der Waals surface area contributed by atoms with E-state index in [0.717, 1.165) is 12.0 Å². The zero-order valence-corrected chi connectivity index (χ0v) is 11.3. The van der Waals surface area contributed by atoms with Crippen molar-refractivity contribution < 1.29 is 9.90 Å². The van der Waals surface area contributed by atoms with Crippen LogP contribution in [0.2, 0.25) is 0 Å². The number of nitrogens with one attached hydrogen (secondary N) is 1. The van der Waals surface area contributed by atoms with Crippen molar-refractivity contribution in [1.82, 2.24) is 14.6 Å². The number of pyridine rings is 1. The second-order valence-electron chi connectivity index (χ2n) is 4.96. The van der Waals surface area contributed by atoms with Gasteiger partial charge >= 0.3 is 5.97 Å². The van der Waals surface area contributed by atoms with Gasteiger partial charge in [-0.1, -0.05) is 13.3 Å². The Balaban J connectivity index is 2.44. The van der Waals surface area contributed by atoms with Crippen molar-refractivity contribution in [3.63, 3.8) is 0 Å². The summed E-state index contributed by atoms with van der Waals surface area (Å²) in [6, 6.07) is 3.77. The Morgan fingerprint density at radius 3 is 2.89 bits per heavy atom. The summed E-state index contributed by atoms with van der Waals surface area (Å²) in [5, 5.41) is 16.6. The maximum Gasteiger partial charge on any atom is 0.329 e. The third-order valence-electron chi connectivity index (χ3n) is 3.15. The molecule has 19 heavy (non-hydrogen) atoms. The molecule has 6 heteroatoms. The van der Waals surface area contributed by atoms with Crippen LogP contribution in [0.5, 0.6) is 0 Å². The minimum absolute atomic E-state index is 0.534. The van der Waals surface area contributed by atoms with Gasteiger partial charge in [-0.3, -0.25) is 0 Å². The van der Waals surface area contributed by atoms with Crippen LogP contribution in [-0.2, 0) is 4.79 Å². The highest BCUT2D eigenvalue weighted by Gasteiger charge is 2.32. The van der Waals surface area contributed by atoms with Gasteiger partial charge in [-0.05, 0) is 38.0 Å². The van der Waals surface area contributed by atoms with Crippen LogP contribution in [0, 0.1) is 6.92 Å². The van der Waals surface area contributed by atoms with Crippen LogP contribution in [0.1, 0.15) is 32.3 Å². The average Bonchev–Trinajstić information content (AvgIpc) is 2.77. The summed E-state index contributed by atoms with van der Waals surface area (Å²) >= 11 is 0. The van der Waals surface area contributed by atoms with E-state index >= 15 is 0 Å². The minimum atomic E-state index is -1.01. The quantitative estimate of drug-likeness (QED) is 0.862. The van der Waals surface area contributed by atoms with Crippen molar-refractivity contribution in [2.75, 3.05) is 5.32 Å². The second kappa shape index (κ2) is 4.87. The Kier molecular flexibility index (Phi) is 3.42. The molecule has 0 saturated carbocycles. The number of carbonyl (C=O) groups is 1. The molecule has 2 heterocycles. The van der Waals surface area contributed by atoms with Gasteiger partial charge in [0.1, 0.15) is 17.7 Å². The lowest BCUT2D eigenvalue weighted by atomic mass is 9.96. The van der Waals surface area contributed by atoms with E-state index in [1.807, 2.05) is 26.0 Å². The first-order chi connectivity index (χ1) is 8.96. The fourth-order valence-electron chi connectivity index (χ4n) is 2.15. The van der Waals surface area contributed by atoms with Crippen molar-refractivity contribution in [2.45, 2.75) is 39.2 Å². The van der Waals surface area contributed by atoms with E-state index in [9.17, 15) is 9.90 Å². The molecule has 2 aromatic rings. The van der Waals surface area contributed by atoms with Crippen LogP contribution in [-0.4, -0.2) is 31.2 Å². The van der Waals surface area contributed by atoms with E-state index in [1.165, 1.54) is 6.33 Å². The predicted molar refractivity (Wildman–Crippen MR) is 72.3 cm³/mol. The van der Waals surface area contributed by atoms with Gasteiger partial charge in [-0.25, -0.2) is 9.78 Å². The molecule has 0 amide bonds. The Hall–Kier alpha value is -2.11. The fourth-order valence-corrected chi connectivity index (χ4v) is 2.15. The number of fused-ring (bicyclic) bond motifs is 1. The van der Waals surface area contributed by atoms with Gasteiger partial charge in [0.15, 0.2) is 5.65 Å². The maximum absolute atomic E-state index is 11.5. The maximum atomic E-state index is 11.5. The summed E-state index contributed by atoms with van der Waals surface area (Å²) in [5.41, 5.74) is 0.695. The molecular formula is C13H18N4O2. The first-order valence-corrected chi connectivity index (χ1v) is 6.28. The highest BCUT2D eigenvalue weighted by Crippen LogP contribution is 2.22. The van der Waals surface area contributed by atoms with E-state index in [1.54, 1.807) is 11.4 Å². The molecule has 1 atom stereocenters. The van der Waals surface area contributed by atoms with E-state index < -0.39 is 11.5 Å². The summed E-state index contributed by atoms with van der Waals surface area (Å²) in [5.74, 6) is -0.227. The van der Waals surface area contributed by atoms with Crippen LogP contribution in [0.25, 0.3) is 5.65 Å². The van der Waals surface area contributed by atoms with E-state index in [-0.39, 0.29) is 0 Å². The third kappa shape index (κ3) is 2.52. The topological polar surface area (TPSA) is 79.5 Å². The van der Waals surface area contributed by atoms with E-state index in [4.69, 9.17) is 0 Å². The van der Waals surface area contributed by atoms with Crippen molar-refractivity contribution >= 4 is 17.4 Å². The molecule has 0 aliphatic heterocycles. The Morgan fingerprint density at radius 1 is 1.53 bits per heavy atom. The van der Waals surface area contributed by atoms with Crippen molar-refractivity contribution in [3.8, 4) is 0 Å². The number of rotatable bonds is 5. The smallest absolute Gasteiger partial charge is 0.329 e. The van der Waals surface area contributed by atoms with Gasteiger partial charge in [0.2, 0.25) is 0 Å². The summed E-state index contributed by atoms with van der Waals surface area (Å²) in [6.07, 6.45) is 2.77. The van der Waals surface area contributed by atoms with Crippen molar-refractivity contribution in [1.29, 1.82) is 0 Å². The van der Waals surface area contributed by atoms with Gasteiger partial charge in [0.05, 0.1) is 0 Å². The predicted octanol–water partition coefficient (Wildman–Crippen LogP) is 2.09. The van der Waals surface area contributed by atoms with Gasteiger partial charge in [-0.2, -0.15) is 9.61 Å². The Bertz CT molecular complexity index is 608. The normalized spacial score (nSPS) is 14.3. The number of hydrogen-bond acceptors (Lipinski definition) is 4. The summed E-state index contributed by atoms with van der Waals surface area (Å²) in [7, 11) is 0. The molecule has 102 valence electrons. The van der Waals surface area contributed by atoms with Crippen LogP contribution in [0.3, 0.4) is 0 Å². The molecule has 0 aliphatic rings. The van der Waals surface area contributed by atoms with Crippen LogP contribution < -0.4 is 5.32 Å². The van der Waals surface area contributed by atoms with Gasteiger partial charge < -0.3 is 10.4 Å². The molecule has 2 rings (SSSR count). The lowest BCUT2D eigenvalue weighted by Gasteiger charge is -2.27. The van der Waals surface area contributed by atoms with Gasteiger partial charge in [0.25, 0.3) is 0 Å². The first-order valence-electron chi connectivity index (χ1n) is 6.28. The SMILES string of the molecule is CCCC(C)(Nc1cc(C)cc2ncnn12)C(=O)O. The molecule has 2 N–H and O–H groups in total. The highest BCUT2D eigenvalue weighted by molar-refractivity contribution is 5.82. The fraction of sp³-hybridized carbons (Fsp3) is 0.462. The molecule has 0 radical (unpaired) electrons. The molecule has 2 aromatic heterocycles. The molecule has 6 nitrogen and oxygen atoms in total.